The molecule has 1 aromatic carbocycles. The molecule has 39 heavy (non-hydrogen) atoms. The van der Waals surface area contributed by atoms with E-state index in [4.69, 9.17) is 9.47 Å². The topological polar surface area (TPSA) is 55.8 Å². The summed E-state index contributed by atoms with van der Waals surface area (Å²) in [6.07, 6.45) is 30.6. The number of hydrogen-bond acceptors (Lipinski definition) is 4. The minimum absolute atomic E-state index is 0.288. The van der Waals surface area contributed by atoms with Gasteiger partial charge >= 0.3 is 5.97 Å². The molecule has 0 aliphatic carbocycles. The number of allylic oxidation sites excluding steroid dienone is 3. The highest BCUT2D eigenvalue weighted by Gasteiger charge is 2.03. The second-order valence-electron chi connectivity index (χ2n) is 11.0. The molecule has 0 aliphatic rings. The van der Waals surface area contributed by atoms with E-state index in [1.807, 2.05) is 6.07 Å². The van der Waals surface area contributed by atoms with Gasteiger partial charge in [0.2, 0.25) is 0 Å². The van der Waals surface area contributed by atoms with Crippen LogP contribution in [0.5, 0.6) is 0 Å². The van der Waals surface area contributed by atoms with Crippen molar-refractivity contribution in [2.24, 2.45) is 0 Å². The van der Waals surface area contributed by atoms with Crippen LogP contribution < -0.4 is 0 Å². The van der Waals surface area contributed by atoms with Crippen LogP contribution in [0.3, 0.4) is 0 Å². The SMILES string of the molecule is CC(=O)OCC[C@H](O)C/C=C\CCCCCCCC/C=C\CCCCCCCC[C@@H](C)OCc1ccccc1. The molecule has 0 saturated heterocycles. The van der Waals surface area contributed by atoms with Gasteiger partial charge in [-0.15, -0.1) is 0 Å². The Morgan fingerprint density at radius 1 is 0.744 bits per heavy atom. The molecule has 0 heterocycles. The largest absolute Gasteiger partial charge is 0.466 e. The molecule has 1 aromatic rings. The Balaban J connectivity index is 1.76. The molecule has 0 bridgehead atoms. The van der Waals surface area contributed by atoms with Crippen LogP contribution >= 0.6 is 0 Å². The molecule has 1 N–H and O–H groups in total. The van der Waals surface area contributed by atoms with Gasteiger partial charge in [-0.05, 0) is 63.9 Å². The summed E-state index contributed by atoms with van der Waals surface area (Å²) >= 11 is 0. The number of aliphatic hydroxyl groups is 1. The molecule has 0 unspecified atom stereocenters. The summed E-state index contributed by atoms with van der Waals surface area (Å²) < 4.78 is 10.8. The fourth-order valence-corrected chi connectivity index (χ4v) is 4.59. The molecule has 0 amide bonds. The molecular weight excluding hydrogens is 484 g/mol. The van der Waals surface area contributed by atoms with E-state index in [1.54, 1.807) is 0 Å². The van der Waals surface area contributed by atoms with Gasteiger partial charge in [0.05, 0.1) is 25.4 Å². The van der Waals surface area contributed by atoms with Gasteiger partial charge in [-0.25, -0.2) is 0 Å². The van der Waals surface area contributed by atoms with Crippen LogP contribution in [0.25, 0.3) is 0 Å². The molecule has 0 aromatic heterocycles. The van der Waals surface area contributed by atoms with Gasteiger partial charge in [-0.1, -0.05) is 112 Å². The lowest BCUT2D eigenvalue weighted by Gasteiger charge is -2.13. The van der Waals surface area contributed by atoms with Crippen molar-refractivity contribution in [1.29, 1.82) is 0 Å². The Morgan fingerprint density at radius 3 is 1.82 bits per heavy atom. The zero-order valence-electron chi connectivity index (χ0n) is 25.2. The summed E-state index contributed by atoms with van der Waals surface area (Å²) in [6, 6.07) is 10.4. The lowest BCUT2D eigenvalue weighted by molar-refractivity contribution is -0.141. The van der Waals surface area contributed by atoms with Gasteiger partial charge in [0.15, 0.2) is 0 Å². The van der Waals surface area contributed by atoms with E-state index in [-0.39, 0.29) is 5.97 Å². The highest BCUT2D eigenvalue weighted by Crippen LogP contribution is 2.14. The lowest BCUT2D eigenvalue weighted by atomic mass is 10.1. The summed E-state index contributed by atoms with van der Waals surface area (Å²) in [5, 5.41) is 9.81. The molecule has 0 radical (unpaired) electrons. The van der Waals surface area contributed by atoms with Crippen LogP contribution in [0.4, 0.5) is 0 Å². The number of carbonyl (C=O) groups is 1. The highest BCUT2D eigenvalue weighted by atomic mass is 16.5. The first-order valence-corrected chi connectivity index (χ1v) is 15.8. The molecule has 0 spiro atoms. The van der Waals surface area contributed by atoms with Crippen LogP contribution in [0.2, 0.25) is 0 Å². The number of benzene rings is 1. The Kier molecular flexibility index (Phi) is 23.7. The summed E-state index contributed by atoms with van der Waals surface area (Å²) in [6.45, 7) is 4.62. The van der Waals surface area contributed by atoms with Crippen LogP contribution in [0.15, 0.2) is 54.6 Å². The van der Waals surface area contributed by atoms with Crippen molar-refractivity contribution >= 4 is 5.97 Å². The van der Waals surface area contributed by atoms with Crippen LogP contribution in [-0.4, -0.2) is 29.9 Å². The Morgan fingerprint density at radius 2 is 1.26 bits per heavy atom. The summed E-state index contributed by atoms with van der Waals surface area (Å²) in [4.78, 5) is 10.7. The molecule has 0 aliphatic heterocycles. The van der Waals surface area contributed by atoms with Crippen molar-refractivity contribution in [3.63, 3.8) is 0 Å². The fraction of sp³-hybridized carbons (Fsp3) is 0.686. The normalized spacial score (nSPS) is 13.3. The average molecular weight is 543 g/mol. The van der Waals surface area contributed by atoms with Crippen molar-refractivity contribution < 1.29 is 19.4 Å². The molecule has 222 valence electrons. The summed E-state index contributed by atoms with van der Waals surface area (Å²) in [5.74, 6) is -0.288. The maximum Gasteiger partial charge on any atom is 0.302 e. The highest BCUT2D eigenvalue weighted by molar-refractivity contribution is 5.65. The zero-order chi connectivity index (χ0) is 28.2. The van der Waals surface area contributed by atoms with Crippen molar-refractivity contribution in [2.45, 2.75) is 148 Å². The lowest BCUT2D eigenvalue weighted by Crippen LogP contribution is -2.11. The van der Waals surface area contributed by atoms with E-state index in [0.717, 1.165) is 13.0 Å². The third-order valence-corrected chi connectivity index (χ3v) is 7.10. The number of unbranched alkanes of at least 4 members (excludes halogenated alkanes) is 13. The van der Waals surface area contributed by atoms with Gasteiger partial charge in [0, 0.05) is 13.3 Å². The van der Waals surface area contributed by atoms with E-state index < -0.39 is 6.10 Å². The van der Waals surface area contributed by atoms with Gasteiger partial charge in [0.1, 0.15) is 0 Å². The van der Waals surface area contributed by atoms with Crippen LogP contribution in [0, 0.1) is 0 Å². The molecular formula is C35H58O4. The average Bonchev–Trinajstić information content (AvgIpc) is 2.93. The predicted molar refractivity (Wildman–Crippen MR) is 165 cm³/mol. The van der Waals surface area contributed by atoms with Crippen LogP contribution in [0.1, 0.15) is 135 Å². The minimum atomic E-state index is -0.421. The second kappa shape index (κ2) is 26.3. The predicted octanol–water partition coefficient (Wildman–Crippen LogP) is 9.65. The maximum atomic E-state index is 10.7. The van der Waals surface area contributed by atoms with E-state index in [1.165, 1.54) is 109 Å². The summed E-state index contributed by atoms with van der Waals surface area (Å²) in [5.41, 5.74) is 1.26. The van der Waals surface area contributed by atoms with Crippen molar-refractivity contribution in [2.75, 3.05) is 6.61 Å². The van der Waals surface area contributed by atoms with E-state index in [9.17, 15) is 9.90 Å². The molecule has 0 saturated carbocycles. The Labute approximate surface area is 240 Å². The van der Waals surface area contributed by atoms with E-state index in [0.29, 0.717) is 25.6 Å². The minimum Gasteiger partial charge on any atom is -0.466 e. The van der Waals surface area contributed by atoms with Crippen molar-refractivity contribution in [3.05, 3.63) is 60.2 Å². The molecule has 0 fully saturated rings. The summed E-state index contributed by atoms with van der Waals surface area (Å²) in [7, 11) is 0. The monoisotopic (exact) mass is 542 g/mol. The first-order valence-electron chi connectivity index (χ1n) is 15.8. The number of esters is 1. The molecule has 1 rings (SSSR count). The van der Waals surface area contributed by atoms with Gasteiger partial charge in [-0.2, -0.15) is 0 Å². The van der Waals surface area contributed by atoms with Crippen LogP contribution in [-0.2, 0) is 20.9 Å². The third-order valence-electron chi connectivity index (χ3n) is 7.10. The van der Waals surface area contributed by atoms with Gasteiger partial charge in [-0.3, -0.25) is 4.79 Å². The number of aliphatic hydroxyl groups excluding tert-OH is 1. The number of ether oxygens (including phenoxy) is 2. The van der Waals surface area contributed by atoms with Crippen molar-refractivity contribution in [1.82, 2.24) is 0 Å². The van der Waals surface area contributed by atoms with Gasteiger partial charge < -0.3 is 14.6 Å². The quantitative estimate of drug-likeness (QED) is 0.0719. The van der Waals surface area contributed by atoms with E-state index >= 15 is 0 Å². The standard InChI is InChI=1S/C35H58O4/c1-32(39-31-34-26-22-20-23-27-34)25-21-18-16-14-12-10-8-6-4-3-5-7-9-11-13-15-17-19-24-28-35(37)29-30-38-33(2)36/h4,6,19-20,22-24,26-27,32,35,37H,3,5,7-18,21,25,28-31H2,1-2H3/b6-4-,24-19-/t32-,35-/m1/s1. The third kappa shape index (κ3) is 24.8. The van der Waals surface area contributed by atoms with E-state index in [2.05, 4.69) is 55.5 Å². The number of hydrogen-bond donors (Lipinski definition) is 1. The smallest absolute Gasteiger partial charge is 0.302 e. The Bertz CT molecular complexity index is 727. The molecule has 4 nitrogen and oxygen atoms in total. The number of carbonyl (C=O) groups excluding carboxylic acids is 1. The maximum absolute atomic E-state index is 10.7. The first kappa shape index (κ1) is 35.1. The molecule has 4 heteroatoms. The zero-order valence-corrected chi connectivity index (χ0v) is 25.2. The Hall–Kier alpha value is -1.91. The van der Waals surface area contributed by atoms with Gasteiger partial charge in [0.25, 0.3) is 0 Å². The second-order valence-corrected chi connectivity index (χ2v) is 11.0. The number of rotatable bonds is 26. The fourth-order valence-electron chi connectivity index (χ4n) is 4.59. The molecule has 2 atom stereocenters. The van der Waals surface area contributed by atoms with Crippen molar-refractivity contribution in [3.8, 4) is 0 Å². The first-order chi connectivity index (χ1) is 19.1.